The van der Waals surface area contributed by atoms with Crippen LogP contribution in [0.3, 0.4) is 0 Å². The number of hydrogen-bond acceptors (Lipinski definition) is 2. The van der Waals surface area contributed by atoms with E-state index in [1.807, 2.05) is 49.1 Å². The van der Waals surface area contributed by atoms with Gasteiger partial charge in [0.2, 0.25) is 0 Å². The molecule has 0 aliphatic carbocycles. The summed E-state index contributed by atoms with van der Waals surface area (Å²) in [7, 11) is 3.76. The Hall–Kier alpha value is -3.63. The van der Waals surface area contributed by atoms with Crippen molar-refractivity contribution in [2.75, 3.05) is 0 Å². The van der Waals surface area contributed by atoms with Crippen LogP contribution in [0.4, 0.5) is 0 Å². The minimum absolute atomic E-state index is 0.00413. The topological polar surface area (TPSA) is 39.8 Å². The van der Waals surface area contributed by atoms with Crippen molar-refractivity contribution in [3.8, 4) is 11.1 Å². The zero-order chi connectivity index (χ0) is 23.4. The molecule has 0 unspecified atom stereocenters. The van der Waals surface area contributed by atoms with Crippen LogP contribution in [0.1, 0.15) is 16.7 Å². The van der Waals surface area contributed by atoms with Gasteiger partial charge in [-0.25, -0.2) is 4.98 Å². The lowest BCUT2D eigenvalue weighted by atomic mass is 9.96. The summed E-state index contributed by atoms with van der Waals surface area (Å²) in [5, 5.41) is 1.84. The van der Waals surface area contributed by atoms with Crippen molar-refractivity contribution < 1.29 is 0 Å². The first-order chi connectivity index (χ1) is 15.9. The monoisotopic (exact) mass is 455 g/mol. The van der Waals surface area contributed by atoms with Crippen LogP contribution in [0.5, 0.6) is 0 Å². The molecule has 2 aromatic heterocycles. The first kappa shape index (κ1) is 22.6. The number of fused-ring (bicyclic) bond motifs is 1. The van der Waals surface area contributed by atoms with Gasteiger partial charge >= 0.3 is 0 Å². The van der Waals surface area contributed by atoms with Crippen LogP contribution in [0, 0.1) is 6.92 Å². The molecule has 0 aliphatic heterocycles. The fourth-order valence-corrected chi connectivity index (χ4v) is 3.96. The van der Waals surface area contributed by atoms with Gasteiger partial charge < -0.3 is 9.13 Å². The molecule has 5 heteroatoms. The summed E-state index contributed by atoms with van der Waals surface area (Å²) in [6.45, 7) is 2.07. The van der Waals surface area contributed by atoms with E-state index >= 15 is 0 Å². The third-order valence-electron chi connectivity index (χ3n) is 5.60. The van der Waals surface area contributed by atoms with E-state index in [4.69, 9.17) is 11.6 Å². The molecule has 0 bridgehead atoms. The Morgan fingerprint density at radius 3 is 2.30 bits per heavy atom. The molecule has 166 valence electrons. The molecule has 0 radical (unpaired) electrons. The standard InChI is InChI=1S/C24H20ClNO.C4H6N2/c1-16-4-3-5-19(12-16)21-15-24(27)26(2)23-11-8-18(14-22(21)23)13-17-6-9-20(25)10-7-17;1-6-3-2-5-4-6/h3-12,14-15H,13H2,1-2H3;2-4H,1H3. The van der Waals surface area contributed by atoms with Crippen molar-refractivity contribution in [1.82, 2.24) is 14.1 Å². The van der Waals surface area contributed by atoms with E-state index in [1.54, 1.807) is 23.2 Å². The largest absolute Gasteiger partial charge is 0.341 e. The summed E-state index contributed by atoms with van der Waals surface area (Å²) in [4.78, 5) is 16.3. The lowest BCUT2D eigenvalue weighted by molar-refractivity contribution is 0.906. The fourth-order valence-electron chi connectivity index (χ4n) is 3.83. The van der Waals surface area contributed by atoms with Gasteiger partial charge in [-0.3, -0.25) is 4.79 Å². The first-order valence-electron chi connectivity index (χ1n) is 10.8. The van der Waals surface area contributed by atoms with E-state index < -0.39 is 0 Å². The fraction of sp³-hybridized carbons (Fsp3) is 0.143. The maximum atomic E-state index is 12.5. The Balaban J connectivity index is 0.000000376. The molecule has 5 aromatic rings. The quantitative estimate of drug-likeness (QED) is 0.326. The Labute approximate surface area is 198 Å². The minimum atomic E-state index is 0.00413. The minimum Gasteiger partial charge on any atom is -0.341 e. The van der Waals surface area contributed by atoms with Gasteiger partial charge in [-0.05, 0) is 59.9 Å². The van der Waals surface area contributed by atoms with E-state index in [0.717, 1.165) is 33.5 Å². The number of halogens is 1. The van der Waals surface area contributed by atoms with Crippen LogP contribution in [0.25, 0.3) is 22.0 Å². The predicted molar refractivity (Wildman–Crippen MR) is 137 cm³/mol. The molecule has 33 heavy (non-hydrogen) atoms. The summed E-state index contributed by atoms with van der Waals surface area (Å²) in [6.07, 6.45) is 6.21. The SMILES string of the molecule is Cc1cccc(-c2cc(=O)n(C)c3ccc(Cc4ccc(Cl)cc4)cc23)c1.Cn1ccnc1. The number of imidazole rings is 1. The van der Waals surface area contributed by atoms with E-state index in [0.29, 0.717) is 0 Å². The zero-order valence-electron chi connectivity index (χ0n) is 19.0. The van der Waals surface area contributed by atoms with Gasteiger partial charge in [-0.1, -0.05) is 59.6 Å². The molecular formula is C28H26ClN3O. The highest BCUT2D eigenvalue weighted by Crippen LogP contribution is 2.29. The second kappa shape index (κ2) is 9.88. The average molecular weight is 456 g/mol. The van der Waals surface area contributed by atoms with Crippen LogP contribution >= 0.6 is 11.6 Å². The molecule has 0 atom stereocenters. The van der Waals surface area contributed by atoms with Crippen molar-refractivity contribution >= 4 is 22.5 Å². The van der Waals surface area contributed by atoms with Gasteiger partial charge in [0.05, 0.1) is 11.8 Å². The number of benzene rings is 3. The molecule has 0 N–H and O–H groups in total. The Morgan fingerprint density at radius 2 is 1.67 bits per heavy atom. The van der Waals surface area contributed by atoms with E-state index in [1.165, 1.54) is 16.7 Å². The summed E-state index contributed by atoms with van der Waals surface area (Å²) in [5.74, 6) is 0. The van der Waals surface area contributed by atoms with Gasteiger partial charge in [-0.2, -0.15) is 0 Å². The summed E-state index contributed by atoms with van der Waals surface area (Å²) >= 11 is 5.99. The highest BCUT2D eigenvalue weighted by Gasteiger charge is 2.10. The maximum absolute atomic E-state index is 12.5. The van der Waals surface area contributed by atoms with Gasteiger partial charge in [0.15, 0.2) is 0 Å². The van der Waals surface area contributed by atoms with Crippen LogP contribution in [0.15, 0.2) is 96.3 Å². The van der Waals surface area contributed by atoms with E-state index in [9.17, 15) is 4.79 Å². The van der Waals surface area contributed by atoms with Crippen LogP contribution in [0.2, 0.25) is 5.02 Å². The maximum Gasteiger partial charge on any atom is 0.251 e. The second-order valence-corrected chi connectivity index (χ2v) is 8.64. The third-order valence-corrected chi connectivity index (χ3v) is 5.85. The highest BCUT2D eigenvalue weighted by molar-refractivity contribution is 6.30. The second-order valence-electron chi connectivity index (χ2n) is 8.21. The molecule has 0 aliphatic rings. The van der Waals surface area contributed by atoms with Gasteiger partial charge in [-0.15, -0.1) is 0 Å². The Kier molecular flexibility index (Phi) is 6.76. The van der Waals surface area contributed by atoms with Crippen LogP contribution < -0.4 is 5.56 Å². The van der Waals surface area contributed by atoms with Gasteiger partial charge in [0, 0.05) is 43.0 Å². The normalized spacial score (nSPS) is 10.7. The highest BCUT2D eigenvalue weighted by atomic mass is 35.5. The third kappa shape index (κ3) is 5.41. The first-order valence-corrected chi connectivity index (χ1v) is 11.1. The zero-order valence-corrected chi connectivity index (χ0v) is 19.8. The Morgan fingerprint density at radius 1 is 0.909 bits per heavy atom. The molecular weight excluding hydrogens is 430 g/mol. The Bertz CT molecular complexity index is 1440. The molecule has 2 heterocycles. The predicted octanol–water partition coefficient (Wildman–Crippen LogP) is 6.18. The van der Waals surface area contributed by atoms with Crippen molar-refractivity contribution in [2.24, 2.45) is 14.1 Å². The molecule has 0 spiro atoms. The van der Waals surface area contributed by atoms with Crippen molar-refractivity contribution in [2.45, 2.75) is 13.3 Å². The molecule has 0 amide bonds. The number of hydrogen-bond donors (Lipinski definition) is 0. The summed E-state index contributed by atoms with van der Waals surface area (Å²) in [6, 6.07) is 24.3. The van der Waals surface area contributed by atoms with Crippen molar-refractivity contribution in [1.29, 1.82) is 0 Å². The number of nitrogens with zero attached hydrogens (tertiary/aromatic N) is 3. The van der Waals surface area contributed by atoms with E-state index in [2.05, 4.69) is 54.4 Å². The number of rotatable bonds is 3. The van der Waals surface area contributed by atoms with Crippen molar-refractivity contribution in [3.05, 3.63) is 124 Å². The lowest BCUT2D eigenvalue weighted by Gasteiger charge is -2.13. The molecule has 0 saturated carbocycles. The van der Waals surface area contributed by atoms with Crippen LogP contribution in [-0.4, -0.2) is 14.1 Å². The van der Waals surface area contributed by atoms with E-state index in [-0.39, 0.29) is 5.56 Å². The molecule has 3 aromatic carbocycles. The molecule has 4 nitrogen and oxygen atoms in total. The molecule has 0 fully saturated rings. The summed E-state index contributed by atoms with van der Waals surface area (Å²) < 4.78 is 3.60. The number of pyridine rings is 1. The average Bonchev–Trinajstić information content (AvgIpc) is 3.29. The van der Waals surface area contributed by atoms with Gasteiger partial charge in [0.1, 0.15) is 0 Å². The smallest absolute Gasteiger partial charge is 0.251 e. The van der Waals surface area contributed by atoms with Crippen LogP contribution in [-0.2, 0) is 20.5 Å². The number of aromatic nitrogens is 3. The summed E-state index contributed by atoms with van der Waals surface area (Å²) in [5.41, 5.74) is 6.59. The lowest BCUT2D eigenvalue weighted by Crippen LogP contribution is -2.16. The number of aryl methyl sites for hydroxylation is 3. The van der Waals surface area contributed by atoms with Gasteiger partial charge in [0.25, 0.3) is 5.56 Å². The van der Waals surface area contributed by atoms with Crippen molar-refractivity contribution in [3.63, 3.8) is 0 Å². The molecule has 5 rings (SSSR count). The molecule has 0 saturated heterocycles.